The lowest BCUT2D eigenvalue weighted by atomic mass is 9.99. The van der Waals surface area contributed by atoms with Gasteiger partial charge in [-0.1, -0.05) is 0 Å². The predicted molar refractivity (Wildman–Crippen MR) is 147 cm³/mol. The lowest BCUT2D eigenvalue weighted by Crippen LogP contribution is -2.55. The van der Waals surface area contributed by atoms with Gasteiger partial charge in [-0.2, -0.15) is 0 Å². The predicted octanol–water partition coefficient (Wildman–Crippen LogP) is 5.01. The smallest absolute Gasteiger partial charge is 0.410 e. The van der Waals surface area contributed by atoms with Crippen molar-refractivity contribution in [2.24, 2.45) is 0 Å². The fourth-order valence-corrected chi connectivity index (χ4v) is 5.12. The molecular weight excluding hydrogens is 505 g/mol. The van der Waals surface area contributed by atoms with Crippen LogP contribution in [0.3, 0.4) is 0 Å². The number of hydrogen-bond donors (Lipinski definition) is 0. The molecule has 1 saturated heterocycles. The van der Waals surface area contributed by atoms with Gasteiger partial charge in [0.15, 0.2) is 17.2 Å². The Hall–Kier alpha value is -2.88. The van der Waals surface area contributed by atoms with E-state index in [0.717, 1.165) is 6.42 Å². The molecule has 3 rings (SSSR count). The molecule has 3 amide bonds. The number of hydrogen-bond acceptors (Lipinski definition) is 6. The highest BCUT2D eigenvalue weighted by Gasteiger charge is 2.43. The Kier molecular flexibility index (Phi) is 9.51. The van der Waals surface area contributed by atoms with Crippen LogP contribution in [0.5, 0.6) is 5.75 Å². The van der Waals surface area contributed by atoms with Gasteiger partial charge in [0, 0.05) is 45.0 Å². The van der Waals surface area contributed by atoms with E-state index in [1.807, 2.05) is 34.6 Å². The summed E-state index contributed by atoms with van der Waals surface area (Å²) in [6.45, 7) is 14.2. The summed E-state index contributed by atoms with van der Waals surface area (Å²) < 4.78 is 31.9. The van der Waals surface area contributed by atoms with Gasteiger partial charge in [-0.3, -0.25) is 9.59 Å². The van der Waals surface area contributed by atoms with Crippen molar-refractivity contribution in [3.05, 3.63) is 23.5 Å². The van der Waals surface area contributed by atoms with E-state index < -0.39 is 23.1 Å². The van der Waals surface area contributed by atoms with E-state index in [-0.39, 0.29) is 40.9 Å². The third kappa shape index (κ3) is 7.21. The highest BCUT2D eigenvalue weighted by Crippen LogP contribution is 2.41. The Morgan fingerprint density at radius 1 is 1.23 bits per heavy atom. The minimum absolute atomic E-state index is 0.0345. The number of piperidine rings is 1. The standard InChI is InChI=1S/C29H44FN3O6/c1-19(2)33(21-12-11-13-31(18-21)27(36)39-28(3,4)5)25(34)20-16-22(30)24-23(17-20)32(14-9-10-15-37-8)26(35)29(6,7)38-24/h16-17,19,21H,9-15,18H2,1-8H3/t21-/m1/s1. The van der Waals surface area contributed by atoms with Crippen LogP contribution in [0.25, 0.3) is 0 Å². The van der Waals surface area contributed by atoms with E-state index in [4.69, 9.17) is 14.2 Å². The zero-order valence-corrected chi connectivity index (χ0v) is 24.6. The van der Waals surface area contributed by atoms with Crippen molar-refractivity contribution < 1.29 is 33.0 Å². The van der Waals surface area contributed by atoms with Crippen LogP contribution < -0.4 is 9.64 Å². The maximum atomic E-state index is 15.5. The molecule has 0 saturated carbocycles. The van der Waals surface area contributed by atoms with Gasteiger partial charge in [-0.15, -0.1) is 0 Å². The minimum atomic E-state index is -1.24. The highest BCUT2D eigenvalue weighted by molar-refractivity contribution is 6.04. The van der Waals surface area contributed by atoms with Crippen LogP contribution >= 0.6 is 0 Å². The first-order valence-corrected chi connectivity index (χ1v) is 13.8. The van der Waals surface area contributed by atoms with Gasteiger partial charge >= 0.3 is 6.09 Å². The summed E-state index contributed by atoms with van der Waals surface area (Å²) in [5.41, 5.74) is -1.48. The molecule has 2 aliphatic heterocycles. The number of amides is 3. The molecule has 39 heavy (non-hydrogen) atoms. The second-order valence-corrected chi connectivity index (χ2v) is 12.1. The topological polar surface area (TPSA) is 88.6 Å². The summed E-state index contributed by atoms with van der Waals surface area (Å²) in [7, 11) is 1.62. The molecule has 0 aliphatic carbocycles. The quantitative estimate of drug-likeness (QED) is 0.424. The van der Waals surface area contributed by atoms with Crippen molar-refractivity contribution >= 4 is 23.6 Å². The number of rotatable bonds is 8. The molecule has 1 aromatic rings. The number of halogens is 1. The molecule has 1 atom stereocenters. The van der Waals surface area contributed by atoms with Gasteiger partial charge in [0.2, 0.25) is 0 Å². The molecule has 0 aromatic heterocycles. The summed E-state index contributed by atoms with van der Waals surface area (Å²) in [6, 6.07) is 2.26. The molecule has 0 unspecified atom stereocenters. The van der Waals surface area contributed by atoms with Gasteiger partial charge < -0.3 is 28.9 Å². The Labute approximate surface area is 231 Å². The minimum Gasteiger partial charge on any atom is -0.473 e. The van der Waals surface area contributed by atoms with E-state index in [1.165, 1.54) is 11.0 Å². The van der Waals surface area contributed by atoms with Crippen LogP contribution in [0.2, 0.25) is 0 Å². The molecule has 1 aromatic carbocycles. The average molecular weight is 550 g/mol. The van der Waals surface area contributed by atoms with Crippen LogP contribution in [0.1, 0.15) is 84.5 Å². The summed E-state index contributed by atoms with van der Waals surface area (Å²) in [4.78, 5) is 44.7. The maximum absolute atomic E-state index is 15.5. The van der Waals surface area contributed by atoms with Gasteiger partial charge in [0.05, 0.1) is 11.7 Å². The van der Waals surface area contributed by atoms with Gasteiger partial charge in [0.1, 0.15) is 5.60 Å². The number of likely N-dealkylation sites (tertiary alicyclic amines) is 1. The first kappa shape index (κ1) is 30.7. The molecule has 0 bridgehead atoms. The normalized spacial score (nSPS) is 19.0. The number of carbonyl (C=O) groups excluding carboxylic acids is 3. The van der Waals surface area contributed by atoms with Crippen LogP contribution in [-0.2, 0) is 14.3 Å². The molecule has 0 N–H and O–H groups in total. The van der Waals surface area contributed by atoms with Crippen LogP contribution in [0.15, 0.2) is 12.1 Å². The third-order valence-electron chi connectivity index (χ3n) is 6.89. The first-order chi connectivity index (χ1) is 18.2. The molecule has 2 aliphatic rings. The highest BCUT2D eigenvalue weighted by atomic mass is 19.1. The third-order valence-corrected chi connectivity index (χ3v) is 6.89. The van der Waals surface area contributed by atoms with Crippen molar-refractivity contribution in [1.82, 2.24) is 9.80 Å². The van der Waals surface area contributed by atoms with E-state index in [2.05, 4.69) is 0 Å². The Morgan fingerprint density at radius 2 is 1.92 bits per heavy atom. The van der Waals surface area contributed by atoms with Crippen molar-refractivity contribution in [2.45, 2.75) is 97.4 Å². The fourth-order valence-electron chi connectivity index (χ4n) is 5.12. The lowest BCUT2D eigenvalue weighted by Gasteiger charge is -2.42. The monoisotopic (exact) mass is 549 g/mol. The van der Waals surface area contributed by atoms with Crippen LogP contribution in [-0.4, -0.2) is 84.3 Å². The second-order valence-electron chi connectivity index (χ2n) is 12.1. The SMILES string of the molecule is COCCCCN1C(=O)C(C)(C)Oc2c(F)cc(C(=O)N(C(C)C)[C@@H]3CCCN(C(=O)OC(C)(C)C)C3)cc21. The van der Waals surface area contributed by atoms with Crippen molar-refractivity contribution in [3.63, 3.8) is 0 Å². The van der Waals surface area contributed by atoms with Gasteiger partial charge in [0.25, 0.3) is 11.8 Å². The molecule has 0 radical (unpaired) electrons. The Balaban J connectivity index is 1.91. The number of ether oxygens (including phenoxy) is 3. The molecule has 218 valence electrons. The number of unbranched alkanes of at least 4 members (excludes halogenated alkanes) is 1. The van der Waals surface area contributed by atoms with E-state index in [0.29, 0.717) is 45.5 Å². The van der Waals surface area contributed by atoms with E-state index in [9.17, 15) is 14.4 Å². The number of fused-ring (bicyclic) bond motifs is 1. The summed E-state index contributed by atoms with van der Waals surface area (Å²) in [5, 5.41) is 0. The van der Waals surface area contributed by atoms with Crippen molar-refractivity contribution in [2.75, 3.05) is 38.3 Å². The molecule has 1 fully saturated rings. The molecular formula is C29H44FN3O6. The summed E-state index contributed by atoms with van der Waals surface area (Å²) in [5.74, 6) is -1.38. The van der Waals surface area contributed by atoms with Crippen molar-refractivity contribution in [3.8, 4) is 5.75 Å². The van der Waals surface area contributed by atoms with E-state index >= 15 is 4.39 Å². The van der Waals surface area contributed by atoms with Crippen LogP contribution in [0.4, 0.5) is 14.9 Å². The number of benzene rings is 1. The Morgan fingerprint density at radius 3 is 2.54 bits per heavy atom. The average Bonchev–Trinajstić information content (AvgIpc) is 2.83. The number of methoxy groups -OCH3 is 1. The van der Waals surface area contributed by atoms with Gasteiger partial charge in [-0.05, 0) is 86.3 Å². The first-order valence-electron chi connectivity index (χ1n) is 13.8. The molecule has 10 heteroatoms. The number of anilines is 1. The zero-order chi connectivity index (χ0) is 29.1. The van der Waals surface area contributed by atoms with Gasteiger partial charge in [-0.25, -0.2) is 9.18 Å². The summed E-state index contributed by atoms with van der Waals surface area (Å²) in [6.07, 6.45) is 2.39. The van der Waals surface area contributed by atoms with E-state index in [1.54, 1.807) is 36.8 Å². The van der Waals surface area contributed by atoms with Crippen molar-refractivity contribution in [1.29, 1.82) is 0 Å². The second kappa shape index (κ2) is 12.1. The molecule has 9 nitrogen and oxygen atoms in total. The fraction of sp³-hybridized carbons (Fsp3) is 0.690. The maximum Gasteiger partial charge on any atom is 0.410 e. The molecule has 0 spiro atoms. The zero-order valence-electron chi connectivity index (χ0n) is 24.6. The number of carbonyl (C=O) groups is 3. The number of nitrogens with zero attached hydrogens (tertiary/aromatic N) is 3. The Bertz CT molecular complexity index is 1070. The van der Waals surface area contributed by atoms with Crippen LogP contribution in [0, 0.1) is 5.82 Å². The molecule has 2 heterocycles. The lowest BCUT2D eigenvalue weighted by molar-refractivity contribution is -0.132. The summed E-state index contributed by atoms with van der Waals surface area (Å²) >= 11 is 0. The largest absolute Gasteiger partial charge is 0.473 e.